The lowest BCUT2D eigenvalue weighted by atomic mass is 10.2. The third-order valence-corrected chi connectivity index (χ3v) is 4.84. The zero-order valence-corrected chi connectivity index (χ0v) is 19.4. The molecule has 3 rings (SSSR count). The van der Waals surface area contributed by atoms with E-state index in [2.05, 4.69) is 6.58 Å². The van der Waals surface area contributed by atoms with E-state index < -0.39 is 17.9 Å². The first kappa shape index (κ1) is 25.2. The van der Waals surface area contributed by atoms with Crippen LogP contribution in [-0.2, 0) is 9.53 Å². The number of unbranched alkanes of at least 4 members (excludes halogenated alkanes) is 1. The summed E-state index contributed by atoms with van der Waals surface area (Å²) in [5.41, 5.74) is 1.76. The second-order valence-electron chi connectivity index (χ2n) is 7.57. The lowest BCUT2D eigenvalue weighted by Gasteiger charge is -2.08. The van der Waals surface area contributed by atoms with Gasteiger partial charge in [-0.3, -0.25) is 0 Å². The average molecular weight is 475 g/mol. The monoisotopic (exact) mass is 474 g/mol. The Kier molecular flexibility index (Phi) is 9.19. The van der Waals surface area contributed by atoms with Crippen LogP contribution in [0.1, 0.15) is 39.1 Å². The van der Waals surface area contributed by atoms with Crippen LogP contribution >= 0.6 is 0 Å². The Hall–Kier alpha value is -4.39. The van der Waals surface area contributed by atoms with Gasteiger partial charge < -0.3 is 18.9 Å². The lowest BCUT2D eigenvalue weighted by Crippen LogP contribution is -2.10. The largest absolute Gasteiger partial charge is 0.494 e. The smallest absolute Gasteiger partial charge is 0.343 e. The second kappa shape index (κ2) is 12.7. The molecule has 0 aliphatic carbocycles. The molecule has 0 atom stereocenters. The molecule has 7 nitrogen and oxygen atoms in total. The molecule has 0 bridgehead atoms. The molecule has 180 valence electrons. The van der Waals surface area contributed by atoms with Crippen molar-refractivity contribution in [2.24, 2.45) is 0 Å². The zero-order chi connectivity index (χ0) is 25.0. The number of carbonyl (C=O) groups excluding carboxylic acids is 3. The van der Waals surface area contributed by atoms with Gasteiger partial charge in [0.05, 0.1) is 24.3 Å². The van der Waals surface area contributed by atoms with Crippen molar-refractivity contribution in [3.05, 3.63) is 102 Å². The molecule has 0 saturated carbocycles. The number of aryl methyl sites for hydroxylation is 1. The number of esters is 3. The zero-order valence-electron chi connectivity index (χ0n) is 19.4. The SMILES string of the molecule is C=CC(=O)OCCCCOc1ccc(C(=O)Oc2ccc(C(=O)Oc3ccc(C)cc3)cc2)cc1. The van der Waals surface area contributed by atoms with Crippen LogP contribution in [0.3, 0.4) is 0 Å². The van der Waals surface area contributed by atoms with E-state index in [0.717, 1.165) is 11.6 Å². The summed E-state index contributed by atoms with van der Waals surface area (Å²) in [6.07, 6.45) is 2.51. The van der Waals surface area contributed by atoms with Crippen LogP contribution in [0.4, 0.5) is 0 Å². The van der Waals surface area contributed by atoms with Crippen molar-refractivity contribution in [3.8, 4) is 17.2 Å². The molecule has 0 saturated heterocycles. The van der Waals surface area contributed by atoms with Gasteiger partial charge in [0.1, 0.15) is 17.2 Å². The first-order valence-electron chi connectivity index (χ1n) is 11.1. The van der Waals surface area contributed by atoms with Crippen LogP contribution in [0.25, 0.3) is 0 Å². The first-order chi connectivity index (χ1) is 16.9. The Balaban J connectivity index is 1.44. The van der Waals surface area contributed by atoms with Gasteiger partial charge in [-0.2, -0.15) is 0 Å². The maximum atomic E-state index is 12.4. The Morgan fingerprint density at radius 3 is 1.66 bits per heavy atom. The van der Waals surface area contributed by atoms with E-state index in [9.17, 15) is 14.4 Å². The van der Waals surface area contributed by atoms with Crippen LogP contribution in [0.2, 0.25) is 0 Å². The van der Waals surface area contributed by atoms with Crippen molar-refractivity contribution in [2.75, 3.05) is 13.2 Å². The van der Waals surface area contributed by atoms with E-state index in [1.165, 1.54) is 24.3 Å². The highest BCUT2D eigenvalue weighted by Crippen LogP contribution is 2.19. The molecule has 7 heteroatoms. The lowest BCUT2D eigenvalue weighted by molar-refractivity contribution is -0.137. The summed E-state index contributed by atoms with van der Waals surface area (Å²) < 4.78 is 21.2. The summed E-state index contributed by atoms with van der Waals surface area (Å²) in [6, 6.07) is 19.9. The molecule has 0 heterocycles. The van der Waals surface area contributed by atoms with Gasteiger partial charge in [-0.05, 0) is 80.4 Å². The minimum absolute atomic E-state index is 0.305. The number of carbonyl (C=O) groups is 3. The predicted molar refractivity (Wildman–Crippen MR) is 130 cm³/mol. The first-order valence-corrected chi connectivity index (χ1v) is 11.1. The Morgan fingerprint density at radius 2 is 1.14 bits per heavy atom. The van der Waals surface area contributed by atoms with Gasteiger partial charge in [0.15, 0.2) is 0 Å². The Labute approximate surface area is 203 Å². The van der Waals surface area contributed by atoms with Crippen molar-refractivity contribution < 1.29 is 33.3 Å². The van der Waals surface area contributed by atoms with Gasteiger partial charge in [-0.25, -0.2) is 14.4 Å². The third kappa shape index (κ3) is 8.16. The summed E-state index contributed by atoms with van der Waals surface area (Å²) in [5.74, 6) is -0.0985. The third-order valence-electron chi connectivity index (χ3n) is 4.84. The van der Waals surface area contributed by atoms with Gasteiger partial charge in [0, 0.05) is 6.08 Å². The highest BCUT2D eigenvalue weighted by molar-refractivity contribution is 5.92. The predicted octanol–water partition coefficient (Wildman–Crippen LogP) is 5.32. The minimum atomic E-state index is -0.532. The van der Waals surface area contributed by atoms with E-state index in [-0.39, 0.29) is 0 Å². The molecule has 3 aromatic rings. The van der Waals surface area contributed by atoms with Crippen LogP contribution in [0.15, 0.2) is 85.5 Å². The Morgan fingerprint density at radius 1 is 0.686 bits per heavy atom. The molecule has 0 N–H and O–H groups in total. The highest BCUT2D eigenvalue weighted by Gasteiger charge is 2.12. The van der Waals surface area contributed by atoms with Gasteiger partial charge in [-0.1, -0.05) is 24.3 Å². The van der Waals surface area contributed by atoms with Crippen molar-refractivity contribution in [2.45, 2.75) is 19.8 Å². The van der Waals surface area contributed by atoms with Gasteiger partial charge >= 0.3 is 17.9 Å². The average Bonchev–Trinajstić information content (AvgIpc) is 2.88. The molecule has 0 spiro atoms. The minimum Gasteiger partial charge on any atom is -0.494 e. The molecule has 0 radical (unpaired) electrons. The molecule has 0 aromatic heterocycles. The molecular weight excluding hydrogens is 448 g/mol. The molecule has 0 fully saturated rings. The number of hydrogen-bond donors (Lipinski definition) is 0. The topological polar surface area (TPSA) is 88.1 Å². The fourth-order valence-corrected chi connectivity index (χ4v) is 2.91. The van der Waals surface area contributed by atoms with E-state index in [1.807, 2.05) is 19.1 Å². The van der Waals surface area contributed by atoms with Crippen molar-refractivity contribution in [3.63, 3.8) is 0 Å². The van der Waals surface area contributed by atoms with Crippen LogP contribution in [0.5, 0.6) is 17.2 Å². The molecule has 0 amide bonds. The normalized spacial score (nSPS) is 10.2. The van der Waals surface area contributed by atoms with E-state index >= 15 is 0 Å². The molecular formula is C28H26O7. The summed E-state index contributed by atoms with van der Waals surface area (Å²) >= 11 is 0. The van der Waals surface area contributed by atoms with Crippen molar-refractivity contribution in [1.29, 1.82) is 0 Å². The molecule has 0 unspecified atom stereocenters. The fourth-order valence-electron chi connectivity index (χ4n) is 2.91. The molecule has 0 aliphatic heterocycles. The number of benzene rings is 3. The summed E-state index contributed by atoms with van der Waals surface area (Å²) in [7, 11) is 0. The summed E-state index contributed by atoms with van der Waals surface area (Å²) in [5, 5.41) is 0. The van der Waals surface area contributed by atoms with Crippen molar-refractivity contribution >= 4 is 17.9 Å². The Bertz CT molecular complexity index is 1150. The fraction of sp³-hybridized carbons (Fsp3) is 0.179. The van der Waals surface area contributed by atoms with Gasteiger partial charge in [0.2, 0.25) is 0 Å². The quantitative estimate of drug-likeness (QED) is 0.161. The van der Waals surface area contributed by atoms with Gasteiger partial charge in [0.25, 0.3) is 0 Å². The van der Waals surface area contributed by atoms with Crippen LogP contribution < -0.4 is 14.2 Å². The van der Waals surface area contributed by atoms with Crippen LogP contribution in [-0.4, -0.2) is 31.1 Å². The molecule has 3 aromatic carbocycles. The maximum absolute atomic E-state index is 12.4. The second-order valence-corrected chi connectivity index (χ2v) is 7.57. The summed E-state index contributed by atoms with van der Waals surface area (Å²) in [4.78, 5) is 35.7. The van der Waals surface area contributed by atoms with E-state index in [0.29, 0.717) is 54.4 Å². The van der Waals surface area contributed by atoms with Gasteiger partial charge in [-0.15, -0.1) is 0 Å². The number of hydrogen-bond acceptors (Lipinski definition) is 7. The van der Waals surface area contributed by atoms with E-state index in [4.69, 9.17) is 18.9 Å². The molecule has 0 aliphatic rings. The summed E-state index contributed by atoms with van der Waals surface area (Å²) in [6.45, 7) is 6.05. The highest BCUT2D eigenvalue weighted by atomic mass is 16.5. The number of ether oxygens (including phenoxy) is 4. The standard InChI is InChI=1S/C28H26O7/c1-3-26(29)33-19-5-4-18-32-23-14-8-21(9-15-23)27(30)35-25-16-10-22(11-17-25)28(31)34-24-12-6-20(2)7-13-24/h3,6-17H,1,4-5,18-19H2,2H3. The van der Waals surface area contributed by atoms with Crippen LogP contribution in [0, 0.1) is 6.92 Å². The maximum Gasteiger partial charge on any atom is 0.343 e. The van der Waals surface area contributed by atoms with Crippen molar-refractivity contribution in [1.82, 2.24) is 0 Å². The van der Waals surface area contributed by atoms with E-state index in [1.54, 1.807) is 36.4 Å². The molecule has 35 heavy (non-hydrogen) atoms. The number of rotatable bonds is 11.